The van der Waals surface area contributed by atoms with E-state index >= 15 is 0 Å². The van der Waals surface area contributed by atoms with Crippen LogP contribution in [0.3, 0.4) is 0 Å². The van der Waals surface area contributed by atoms with E-state index in [2.05, 4.69) is 23.9 Å². The molecule has 102 valence electrons. The highest BCUT2D eigenvalue weighted by atomic mass is 32.2. The fourth-order valence-electron chi connectivity index (χ4n) is 2.03. The van der Waals surface area contributed by atoms with Crippen LogP contribution in [0.25, 0.3) is 0 Å². The Hall–Kier alpha value is -0.170. The predicted octanol–water partition coefficient (Wildman–Crippen LogP) is 0.552. The molecule has 2 N–H and O–H groups in total. The Kier molecular flexibility index (Phi) is 6.40. The van der Waals surface area contributed by atoms with Gasteiger partial charge in [0.1, 0.15) is 0 Å². The van der Waals surface area contributed by atoms with Crippen LogP contribution in [0.1, 0.15) is 33.1 Å². The molecule has 0 aliphatic carbocycles. The third-order valence-electron chi connectivity index (χ3n) is 2.97. The second-order valence-electron chi connectivity index (χ2n) is 4.75. The van der Waals surface area contributed by atoms with Crippen LogP contribution >= 0.6 is 0 Å². The van der Waals surface area contributed by atoms with Gasteiger partial charge in [0.05, 0.1) is 0 Å². The topological polar surface area (TPSA) is 61.4 Å². The number of hydrogen-bond donors (Lipinski definition) is 2. The minimum atomic E-state index is -3.26. The standard InChI is InChI=1S/C11H25N3O2S/c1-3-6-12-7-8-13-17(15,16)14-9-4-5-11(2)10-14/h11-13H,3-10H2,1-2H3. The second kappa shape index (κ2) is 7.31. The smallest absolute Gasteiger partial charge is 0.279 e. The minimum Gasteiger partial charge on any atom is -0.315 e. The molecule has 6 heteroatoms. The van der Waals surface area contributed by atoms with Crippen molar-refractivity contribution < 1.29 is 8.42 Å². The maximum Gasteiger partial charge on any atom is 0.279 e. The van der Waals surface area contributed by atoms with E-state index < -0.39 is 10.2 Å². The summed E-state index contributed by atoms with van der Waals surface area (Å²) >= 11 is 0. The van der Waals surface area contributed by atoms with E-state index in [4.69, 9.17) is 0 Å². The minimum absolute atomic E-state index is 0.465. The molecule has 0 saturated carbocycles. The average Bonchev–Trinajstić information content (AvgIpc) is 2.29. The Labute approximate surface area is 105 Å². The molecule has 1 heterocycles. The van der Waals surface area contributed by atoms with Crippen molar-refractivity contribution in [2.45, 2.75) is 33.1 Å². The number of piperidine rings is 1. The molecule has 0 aromatic heterocycles. The fraction of sp³-hybridized carbons (Fsp3) is 1.00. The van der Waals surface area contributed by atoms with E-state index in [1.54, 1.807) is 4.31 Å². The molecule has 1 atom stereocenters. The lowest BCUT2D eigenvalue weighted by molar-refractivity contribution is 0.278. The molecule has 5 nitrogen and oxygen atoms in total. The molecular weight excluding hydrogens is 238 g/mol. The van der Waals surface area contributed by atoms with E-state index in [9.17, 15) is 8.42 Å². The average molecular weight is 263 g/mol. The normalized spacial score (nSPS) is 22.8. The van der Waals surface area contributed by atoms with Gasteiger partial charge in [0, 0.05) is 26.2 Å². The Morgan fingerprint density at radius 1 is 1.29 bits per heavy atom. The lowest BCUT2D eigenvalue weighted by Crippen LogP contribution is -2.46. The Morgan fingerprint density at radius 3 is 2.71 bits per heavy atom. The molecule has 1 rings (SSSR count). The quantitative estimate of drug-likeness (QED) is 0.660. The van der Waals surface area contributed by atoms with Gasteiger partial charge in [-0.2, -0.15) is 12.7 Å². The molecule has 1 fully saturated rings. The number of rotatable bonds is 7. The summed E-state index contributed by atoms with van der Waals surface area (Å²) in [5, 5.41) is 3.17. The van der Waals surface area contributed by atoms with Gasteiger partial charge < -0.3 is 5.32 Å². The van der Waals surface area contributed by atoms with Crippen LogP contribution in [-0.4, -0.2) is 45.4 Å². The molecule has 0 bridgehead atoms. The van der Waals surface area contributed by atoms with Crippen LogP contribution < -0.4 is 10.0 Å². The van der Waals surface area contributed by atoms with Crippen LogP contribution in [0.2, 0.25) is 0 Å². The highest BCUT2D eigenvalue weighted by Crippen LogP contribution is 2.17. The largest absolute Gasteiger partial charge is 0.315 e. The molecular formula is C11H25N3O2S. The van der Waals surface area contributed by atoms with Crippen LogP contribution in [0.4, 0.5) is 0 Å². The Bertz CT molecular complexity index is 306. The van der Waals surface area contributed by atoms with Gasteiger partial charge in [0.25, 0.3) is 10.2 Å². The molecule has 0 aromatic rings. The van der Waals surface area contributed by atoms with Gasteiger partial charge in [-0.3, -0.25) is 0 Å². The maximum atomic E-state index is 12.0. The summed E-state index contributed by atoms with van der Waals surface area (Å²) in [6.07, 6.45) is 3.16. The van der Waals surface area contributed by atoms with Gasteiger partial charge in [-0.05, 0) is 31.7 Å². The van der Waals surface area contributed by atoms with Crippen LogP contribution in [0.5, 0.6) is 0 Å². The predicted molar refractivity (Wildman–Crippen MR) is 70.1 cm³/mol. The van der Waals surface area contributed by atoms with E-state index in [1.807, 2.05) is 0 Å². The fourth-order valence-corrected chi connectivity index (χ4v) is 3.39. The van der Waals surface area contributed by atoms with Crippen molar-refractivity contribution in [3.63, 3.8) is 0 Å². The van der Waals surface area contributed by atoms with Gasteiger partial charge in [-0.15, -0.1) is 0 Å². The first-order valence-corrected chi connectivity index (χ1v) is 7.95. The van der Waals surface area contributed by atoms with E-state index in [0.29, 0.717) is 32.1 Å². The molecule has 0 spiro atoms. The lowest BCUT2D eigenvalue weighted by Gasteiger charge is -2.29. The SMILES string of the molecule is CCCNCCNS(=O)(=O)N1CCCC(C)C1. The second-order valence-corrected chi connectivity index (χ2v) is 6.51. The van der Waals surface area contributed by atoms with Gasteiger partial charge in [0.15, 0.2) is 0 Å². The van der Waals surface area contributed by atoms with Gasteiger partial charge in [-0.1, -0.05) is 13.8 Å². The van der Waals surface area contributed by atoms with Gasteiger partial charge >= 0.3 is 0 Å². The van der Waals surface area contributed by atoms with E-state index in [0.717, 1.165) is 25.8 Å². The zero-order valence-corrected chi connectivity index (χ0v) is 11.7. The summed E-state index contributed by atoms with van der Waals surface area (Å²) in [6.45, 7) is 7.59. The molecule has 0 radical (unpaired) electrons. The first kappa shape index (κ1) is 14.9. The number of nitrogens with one attached hydrogen (secondary N) is 2. The third kappa shape index (κ3) is 5.33. The molecule has 17 heavy (non-hydrogen) atoms. The van der Waals surface area contributed by atoms with Gasteiger partial charge in [-0.25, -0.2) is 4.72 Å². The molecule has 1 saturated heterocycles. The first-order valence-electron chi connectivity index (χ1n) is 6.51. The highest BCUT2D eigenvalue weighted by molar-refractivity contribution is 7.87. The third-order valence-corrected chi connectivity index (χ3v) is 4.55. The summed E-state index contributed by atoms with van der Waals surface area (Å²) in [6, 6.07) is 0. The van der Waals surface area contributed by atoms with E-state index in [1.165, 1.54) is 0 Å². The maximum absolute atomic E-state index is 12.0. The van der Waals surface area contributed by atoms with Crippen molar-refractivity contribution in [3.05, 3.63) is 0 Å². The zero-order chi connectivity index (χ0) is 12.7. The Morgan fingerprint density at radius 2 is 2.06 bits per heavy atom. The summed E-state index contributed by atoms with van der Waals surface area (Å²) in [5.74, 6) is 0.471. The highest BCUT2D eigenvalue weighted by Gasteiger charge is 2.26. The van der Waals surface area contributed by atoms with Crippen molar-refractivity contribution in [2.75, 3.05) is 32.7 Å². The Balaban J connectivity index is 2.29. The van der Waals surface area contributed by atoms with Crippen LogP contribution in [0, 0.1) is 5.92 Å². The lowest BCUT2D eigenvalue weighted by atomic mass is 10.0. The van der Waals surface area contributed by atoms with Crippen LogP contribution in [0.15, 0.2) is 0 Å². The van der Waals surface area contributed by atoms with Crippen molar-refractivity contribution in [2.24, 2.45) is 5.92 Å². The summed E-state index contributed by atoms with van der Waals surface area (Å²) in [5.41, 5.74) is 0. The van der Waals surface area contributed by atoms with Crippen molar-refractivity contribution in [1.82, 2.24) is 14.3 Å². The van der Waals surface area contributed by atoms with Crippen LogP contribution in [-0.2, 0) is 10.2 Å². The first-order chi connectivity index (χ1) is 8.06. The molecule has 1 unspecified atom stereocenters. The zero-order valence-electron chi connectivity index (χ0n) is 10.9. The van der Waals surface area contributed by atoms with Crippen molar-refractivity contribution in [3.8, 4) is 0 Å². The van der Waals surface area contributed by atoms with Crippen molar-refractivity contribution >= 4 is 10.2 Å². The molecule has 0 aromatic carbocycles. The summed E-state index contributed by atoms with van der Waals surface area (Å²) < 4.78 is 28.1. The molecule has 0 amide bonds. The monoisotopic (exact) mass is 263 g/mol. The molecule has 1 aliphatic rings. The van der Waals surface area contributed by atoms with Crippen molar-refractivity contribution in [1.29, 1.82) is 0 Å². The number of nitrogens with zero attached hydrogens (tertiary/aromatic N) is 1. The number of hydrogen-bond acceptors (Lipinski definition) is 3. The van der Waals surface area contributed by atoms with Gasteiger partial charge in [0.2, 0.25) is 0 Å². The summed E-state index contributed by atoms with van der Waals surface area (Å²) in [4.78, 5) is 0. The molecule has 1 aliphatic heterocycles. The summed E-state index contributed by atoms with van der Waals surface area (Å²) in [7, 11) is -3.26. The van der Waals surface area contributed by atoms with E-state index in [-0.39, 0.29) is 0 Å².